The van der Waals surface area contributed by atoms with Gasteiger partial charge in [0.05, 0.1) is 5.56 Å². The Hall–Kier alpha value is -1.55. The van der Waals surface area contributed by atoms with Gasteiger partial charge in [-0.15, -0.1) is 0 Å². The number of para-hydroxylation sites is 1. The first-order valence-electron chi connectivity index (χ1n) is 7.84. The molecule has 2 N–H and O–H groups in total. The number of carbonyl (C=O) groups is 1. The third-order valence-corrected chi connectivity index (χ3v) is 4.16. The van der Waals surface area contributed by atoms with Crippen molar-refractivity contribution in [1.29, 1.82) is 0 Å². The van der Waals surface area contributed by atoms with E-state index in [0.29, 0.717) is 12.1 Å². The summed E-state index contributed by atoms with van der Waals surface area (Å²) in [7, 11) is 2.14. The maximum atomic E-state index is 12.5. The molecule has 1 aliphatic rings. The Labute approximate surface area is 127 Å². The molecule has 1 saturated heterocycles. The van der Waals surface area contributed by atoms with Crippen LogP contribution in [0.3, 0.4) is 0 Å². The van der Waals surface area contributed by atoms with Crippen molar-refractivity contribution < 1.29 is 4.79 Å². The van der Waals surface area contributed by atoms with Crippen molar-refractivity contribution in [2.45, 2.75) is 51.7 Å². The van der Waals surface area contributed by atoms with Gasteiger partial charge in [-0.2, -0.15) is 0 Å². The number of hydrogen-bond donors (Lipinski definition) is 2. The minimum absolute atomic E-state index is 0.0282. The summed E-state index contributed by atoms with van der Waals surface area (Å²) in [5.41, 5.74) is 1.64. The van der Waals surface area contributed by atoms with Crippen molar-refractivity contribution in [2.24, 2.45) is 0 Å². The maximum absolute atomic E-state index is 12.5. The van der Waals surface area contributed by atoms with E-state index in [1.807, 2.05) is 24.3 Å². The topological polar surface area (TPSA) is 44.4 Å². The lowest BCUT2D eigenvalue weighted by atomic mass is 9.98. The molecule has 0 spiro atoms. The summed E-state index contributed by atoms with van der Waals surface area (Å²) in [6.07, 6.45) is 2.04. The zero-order chi connectivity index (χ0) is 15.4. The van der Waals surface area contributed by atoms with Crippen molar-refractivity contribution in [3.8, 4) is 0 Å². The van der Waals surface area contributed by atoms with Crippen molar-refractivity contribution in [1.82, 2.24) is 10.2 Å². The van der Waals surface area contributed by atoms with Crippen molar-refractivity contribution in [3.05, 3.63) is 29.8 Å². The summed E-state index contributed by atoms with van der Waals surface area (Å²) in [4.78, 5) is 14.9. The fourth-order valence-electron chi connectivity index (χ4n) is 2.80. The molecular formula is C17H27N3O. The summed E-state index contributed by atoms with van der Waals surface area (Å²) in [6, 6.07) is 8.83. The molecule has 1 aromatic rings. The highest BCUT2D eigenvalue weighted by atomic mass is 16.1. The molecule has 0 aromatic heterocycles. The Morgan fingerprint density at radius 1 is 1.33 bits per heavy atom. The van der Waals surface area contributed by atoms with Crippen LogP contribution in [0.15, 0.2) is 24.3 Å². The molecule has 1 aliphatic heterocycles. The minimum atomic E-state index is 0.0282. The molecule has 0 radical (unpaired) electrons. The molecule has 2 rings (SSSR count). The molecule has 4 heteroatoms. The van der Waals surface area contributed by atoms with Gasteiger partial charge in [-0.1, -0.05) is 12.1 Å². The summed E-state index contributed by atoms with van der Waals surface area (Å²) in [5.74, 6) is 0.0282. The van der Waals surface area contributed by atoms with E-state index in [2.05, 4.69) is 43.4 Å². The number of nitrogens with one attached hydrogen (secondary N) is 2. The molecule has 116 valence electrons. The molecule has 0 aliphatic carbocycles. The standard InChI is InChI=1S/C17H27N3O/c1-12(2)18-16-8-6-5-7-15(16)17(21)19-14-9-10-20(4)13(3)11-14/h5-8,12-14,18H,9-11H2,1-4H3,(H,19,21). The second-order valence-corrected chi connectivity index (χ2v) is 6.37. The molecular weight excluding hydrogens is 262 g/mol. The number of hydrogen-bond acceptors (Lipinski definition) is 3. The second kappa shape index (κ2) is 6.94. The average Bonchev–Trinajstić information content (AvgIpc) is 2.43. The molecule has 21 heavy (non-hydrogen) atoms. The van der Waals surface area contributed by atoms with E-state index < -0.39 is 0 Å². The number of anilines is 1. The van der Waals surface area contributed by atoms with E-state index >= 15 is 0 Å². The van der Waals surface area contributed by atoms with Crippen LogP contribution in [0, 0.1) is 0 Å². The predicted octanol–water partition coefficient (Wildman–Crippen LogP) is 2.72. The van der Waals surface area contributed by atoms with Gasteiger partial charge in [0.2, 0.25) is 0 Å². The zero-order valence-electron chi connectivity index (χ0n) is 13.5. The second-order valence-electron chi connectivity index (χ2n) is 6.37. The molecule has 1 heterocycles. The summed E-state index contributed by atoms with van der Waals surface area (Å²) in [5, 5.41) is 6.53. The van der Waals surface area contributed by atoms with Gasteiger partial charge >= 0.3 is 0 Å². The fraction of sp³-hybridized carbons (Fsp3) is 0.588. The zero-order valence-corrected chi connectivity index (χ0v) is 13.5. The summed E-state index contributed by atoms with van der Waals surface area (Å²) >= 11 is 0. The van der Waals surface area contributed by atoms with Gasteiger partial charge in [-0.3, -0.25) is 4.79 Å². The number of nitrogens with zero attached hydrogens (tertiary/aromatic N) is 1. The summed E-state index contributed by atoms with van der Waals surface area (Å²) < 4.78 is 0. The number of amides is 1. The molecule has 0 bridgehead atoms. The molecule has 1 fully saturated rings. The first kappa shape index (κ1) is 15.8. The lowest BCUT2D eigenvalue weighted by Gasteiger charge is -2.35. The number of benzene rings is 1. The number of rotatable bonds is 4. The number of piperidine rings is 1. The molecule has 2 atom stereocenters. The lowest BCUT2D eigenvalue weighted by Crippen LogP contribution is -2.47. The smallest absolute Gasteiger partial charge is 0.253 e. The predicted molar refractivity (Wildman–Crippen MR) is 87.8 cm³/mol. The Kier molecular flexibility index (Phi) is 5.23. The van der Waals surface area contributed by atoms with Gasteiger partial charge in [-0.25, -0.2) is 0 Å². The van der Waals surface area contributed by atoms with Crippen molar-refractivity contribution in [3.63, 3.8) is 0 Å². The highest BCUT2D eigenvalue weighted by molar-refractivity contribution is 5.99. The first-order chi connectivity index (χ1) is 9.97. The van der Waals surface area contributed by atoms with Crippen LogP contribution in [0.2, 0.25) is 0 Å². The normalized spacial score (nSPS) is 23.1. The Morgan fingerprint density at radius 2 is 2.05 bits per heavy atom. The van der Waals surface area contributed by atoms with E-state index in [4.69, 9.17) is 0 Å². The molecule has 4 nitrogen and oxygen atoms in total. The SMILES string of the molecule is CC(C)Nc1ccccc1C(=O)NC1CCN(C)C(C)C1. The van der Waals surface area contributed by atoms with Gasteiger partial charge in [0.1, 0.15) is 0 Å². The molecule has 1 aromatic carbocycles. The van der Waals surface area contributed by atoms with Crippen LogP contribution in [-0.4, -0.2) is 42.5 Å². The van der Waals surface area contributed by atoms with Crippen molar-refractivity contribution in [2.75, 3.05) is 18.9 Å². The third kappa shape index (κ3) is 4.21. The number of carbonyl (C=O) groups excluding carboxylic acids is 1. The minimum Gasteiger partial charge on any atom is -0.382 e. The van der Waals surface area contributed by atoms with E-state index in [1.54, 1.807) is 0 Å². The van der Waals surface area contributed by atoms with E-state index in [9.17, 15) is 4.79 Å². The van der Waals surface area contributed by atoms with Crippen LogP contribution in [0.25, 0.3) is 0 Å². The highest BCUT2D eigenvalue weighted by Gasteiger charge is 2.24. The van der Waals surface area contributed by atoms with Crippen LogP contribution in [0.5, 0.6) is 0 Å². The van der Waals surface area contributed by atoms with E-state index in [0.717, 1.165) is 30.6 Å². The monoisotopic (exact) mass is 289 g/mol. The van der Waals surface area contributed by atoms with E-state index in [1.165, 1.54) is 0 Å². The van der Waals surface area contributed by atoms with Gasteiger partial charge in [0.15, 0.2) is 0 Å². The lowest BCUT2D eigenvalue weighted by molar-refractivity contribution is 0.0897. The number of likely N-dealkylation sites (tertiary alicyclic amines) is 1. The van der Waals surface area contributed by atoms with E-state index in [-0.39, 0.29) is 11.9 Å². The maximum Gasteiger partial charge on any atom is 0.253 e. The molecule has 1 amide bonds. The fourth-order valence-corrected chi connectivity index (χ4v) is 2.80. The van der Waals surface area contributed by atoms with Gasteiger partial charge in [0, 0.05) is 30.4 Å². The highest BCUT2D eigenvalue weighted by Crippen LogP contribution is 2.19. The van der Waals surface area contributed by atoms with Crippen molar-refractivity contribution >= 4 is 11.6 Å². The van der Waals surface area contributed by atoms with Crippen LogP contribution in [-0.2, 0) is 0 Å². The average molecular weight is 289 g/mol. The van der Waals surface area contributed by atoms with Gasteiger partial charge in [0.25, 0.3) is 5.91 Å². The Bertz CT molecular complexity index is 487. The van der Waals surface area contributed by atoms with Crippen LogP contribution in [0.4, 0.5) is 5.69 Å². The van der Waals surface area contributed by atoms with Crippen LogP contribution < -0.4 is 10.6 Å². The van der Waals surface area contributed by atoms with Crippen LogP contribution >= 0.6 is 0 Å². The third-order valence-electron chi connectivity index (χ3n) is 4.16. The van der Waals surface area contributed by atoms with Crippen LogP contribution in [0.1, 0.15) is 44.0 Å². The Balaban J connectivity index is 2.03. The van der Waals surface area contributed by atoms with Gasteiger partial charge in [-0.05, 0) is 52.8 Å². The largest absolute Gasteiger partial charge is 0.382 e. The van der Waals surface area contributed by atoms with Gasteiger partial charge < -0.3 is 15.5 Å². The first-order valence-corrected chi connectivity index (χ1v) is 7.84. The summed E-state index contributed by atoms with van der Waals surface area (Å²) in [6.45, 7) is 7.41. The Morgan fingerprint density at radius 3 is 2.71 bits per heavy atom. The quantitative estimate of drug-likeness (QED) is 0.896. The molecule has 0 saturated carbocycles. The molecule has 2 unspecified atom stereocenters.